The van der Waals surface area contributed by atoms with Crippen molar-refractivity contribution < 1.29 is 13.7 Å². The van der Waals surface area contributed by atoms with Crippen LogP contribution in [0.3, 0.4) is 0 Å². The summed E-state index contributed by atoms with van der Waals surface area (Å²) in [4.78, 5) is 32.2. The van der Waals surface area contributed by atoms with Gasteiger partial charge in [-0.1, -0.05) is 35.5 Å². The van der Waals surface area contributed by atoms with Crippen LogP contribution >= 0.6 is 0 Å². The van der Waals surface area contributed by atoms with Gasteiger partial charge in [-0.15, -0.1) is 0 Å². The quantitative estimate of drug-likeness (QED) is 0.441. The van der Waals surface area contributed by atoms with E-state index >= 15 is 0 Å². The van der Waals surface area contributed by atoms with Gasteiger partial charge in [0.15, 0.2) is 0 Å². The first kappa shape index (κ1) is 22.9. The van der Waals surface area contributed by atoms with E-state index in [2.05, 4.69) is 32.5 Å². The van der Waals surface area contributed by atoms with E-state index in [1.54, 1.807) is 0 Å². The number of halogens is 1. The second-order valence-corrected chi connectivity index (χ2v) is 8.81. The molecule has 4 aromatic rings. The normalized spacial score (nSPS) is 14.9. The third kappa shape index (κ3) is 5.30. The molecule has 5 rings (SSSR count). The van der Waals surface area contributed by atoms with Gasteiger partial charge in [-0.2, -0.15) is 0 Å². The summed E-state index contributed by atoms with van der Waals surface area (Å²) in [5.74, 6) is -0.479. The topological polar surface area (TPSA) is 93.3 Å². The number of aromatic nitrogens is 3. The largest absolute Gasteiger partial charge is 0.353 e. The number of benzene rings is 2. The number of nitrogens with zero attached hydrogens (tertiary/aromatic N) is 4. The lowest BCUT2D eigenvalue weighted by Gasteiger charge is -2.32. The Kier molecular flexibility index (Phi) is 6.67. The number of fused-ring (bicyclic) bond motifs is 1. The zero-order chi connectivity index (χ0) is 24.2. The fourth-order valence-electron chi connectivity index (χ4n) is 4.44. The van der Waals surface area contributed by atoms with Gasteiger partial charge in [0.2, 0.25) is 5.91 Å². The minimum absolute atomic E-state index is 0.0948. The first-order valence-electron chi connectivity index (χ1n) is 11.7. The molecule has 9 heteroatoms. The molecule has 1 N–H and O–H groups in total. The Labute approximate surface area is 201 Å². The van der Waals surface area contributed by atoms with Crippen LogP contribution in [0.4, 0.5) is 4.39 Å². The Morgan fingerprint density at radius 3 is 2.57 bits per heavy atom. The summed E-state index contributed by atoms with van der Waals surface area (Å²) in [5.41, 5.74) is 1.91. The van der Waals surface area contributed by atoms with Crippen molar-refractivity contribution in [3.8, 4) is 11.3 Å². The second kappa shape index (κ2) is 10.2. The molecule has 1 amide bonds. The monoisotopic (exact) mass is 475 g/mol. The van der Waals surface area contributed by atoms with Gasteiger partial charge in [-0.05, 0) is 42.7 Å². The van der Waals surface area contributed by atoms with E-state index in [0.717, 1.165) is 32.5 Å². The molecule has 0 aliphatic carbocycles. The predicted octanol–water partition coefficient (Wildman–Crippen LogP) is 3.36. The molecule has 0 spiro atoms. The Bertz CT molecular complexity index is 1360. The van der Waals surface area contributed by atoms with Crippen molar-refractivity contribution in [3.05, 3.63) is 82.7 Å². The van der Waals surface area contributed by atoms with Gasteiger partial charge >= 0.3 is 0 Å². The molecular weight excluding hydrogens is 449 g/mol. The highest BCUT2D eigenvalue weighted by molar-refractivity contribution is 5.88. The number of nitrogens with one attached hydrogen (secondary N) is 1. The van der Waals surface area contributed by atoms with Gasteiger partial charge in [0.05, 0.1) is 0 Å². The number of aryl methyl sites for hydroxylation is 1. The van der Waals surface area contributed by atoms with Crippen LogP contribution in [0.25, 0.3) is 22.4 Å². The minimum Gasteiger partial charge on any atom is -0.353 e. The molecule has 3 heterocycles. The fourth-order valence-corrected chi connectivity index (χ4v) is 4.44. The molecule has 180 valence electrons. The molecule has 1 saturated heterocycles. The number of rotatable bonds is 7. The molecule has 0 atom stereocenters. The molecule has 0 bridgehead atoms. The minimum atomic E-state index is -0.384. The summed E-state index contributed by atoms with van der Waals surface area (Å²) >= 11 is 0. The molecule has 2 aromatic heterocycles. The van der Waals surface area contributed by atoms with E-state index in [9.17, 15) is 14.0 Å². The molecule has 1 fully saturated rings. The average Bonchev–Trinajstić information content (AvgIpc) is 3.31. The molecule has 35 heavy (non-hydrogen) atoms. The molecule has 0 saturated carbocycles. The maximum atomic E-state index is 13.3. The standard InChI is InChI=1S/C26H26FN5O3/c27-20-8-6-19(7-9-20)24-23-25(35-30-24)28-17-32(26(23)34)15-12-22(33)29-21-10-13-31(14-11-21)16-18-4-2-1-3-5-18/h1-9,17,21H,10-16H2,(H,29,33). The Balaban J connectivity index is 1.17. The van der Waals surface area contributed by atoms with Crippen molar-refractivity contribution >= 4 is 17.0 Å². The van der Waals surface area contributed by atoms with E-state index < -0.39 is 0 Å². The summed E-state index contributed by atoms with van der Waals surface area (Å²) in [6.45, 7) is 2.97. The molecule has 1 aliphatic rings. The lowest BCUT2D eigenvalue weighted by atomic mass is 10.0. The van der Waals surface area contributed by atoms with E-state index in [1.165, 1.54) is 40.7 Å². The first-order chi connectivity index (χ1) is 17.1. The van der Waals surface area contributed by atoms with Crippen LogP contribution in [-0.2, 0) is 17.9 Å². The Morgan fingerprint density at radius 1 is 1.09 bits per heavy atom. The number of hydrogen-bond donors (Lipinski definition) is 1. The van der Waals surface area contributed by atoms with Crippen LogP contribution < -0.4 is 10.9 Å². The van der Waals surface area contributed by atoms with Crippen LogP contribution in [0.1, 0.15) is 24.8 Å². The van der Waals surface area contributed by atoms with Crippen LogP contribution in [0.15, 0.2) is 70.2 Å². The zero-order valence-electron chi connectivity index (χ0n) is 19.2. The summed E-state index contributed by atoms with van der Waals surface area (Å²) in [6.07, 6.45) is 3.32. The van der Waals surface area contributed by atoms with E-state index in [-0.39, 0.29) is 47.4 Å². The number of likely N-dealkylation sites (tertiary alicyclic amines) is 1. The van der Waals surface area contributed by atoms with Gasteiger partial charge in [0.25, 0.3) is 11.3 Å². The summed E-state index contributed by atoms with van der Waals surface area (Å²) in [5, 5.41) is 7.26. The van der Waals surface area contributed by atoms with Crippen molar-refractivity contribution in [2.45, 2.75) is 38.4 Å². The lowest BCUT2D eigenvalue weighted by molar-refractivity contribution is -0.122. The van der Waals surface area contributed by atoms with Crippen molar-refractivity contribution in [1.82, 2.24) is 24.9 Å². The number of amides is 1. The average molecular weight is 476 g/mol. The van der Waals surface area contributed by atoms with Gasteiger partial charge < -0.3 is 9.84 Å². The molecule has 8 nitrogen and oxygen atoms in total. The highest BCUT2D eigenvalue weighted by Gasteiger charge is 2.21. The van der Waals surface area contributed by atoms with Crippen LogP contribution in [0.2, 0.25) is 0 Å². The van der Waals surface area contributed by atoms with E-state index in [4.69, 9.17) is 4.52 Å². The lowest BCUT2D eigenvalue weighted by Crippen LogP contribution is -2.44. The zero-order valence-corrected chi connectivity index (χ0v) is 19.2. The fraction of sp³-hybridized carbons (Fsp3) is 0.308. The number of piperidine rings is 1. The van der Waals surface area contributed by atoms with Crippen molar-refractivity contribution in [1.29, 1.82) is 0 Å². The molecule has 2 aromatic carbocycles. The van der Waals surface area contributed by atoms with Gasteiger partial charge in [-0.25, -0.2) is 9.37 Å². The molecular formula is C26H26FN5O3. The summed E-state index contributed by atoms with van der Waals surface area (Å²) < 4.78 is 19.8. The van der Waals surface area contributed by atoms with Crippen molar-refractivity contribution in [3.63, 3.8) is 0 Å². The number of hydrogen-bond acceptors (Lipinski definition) is 6. The molecule has 0 unspecified atom stereocenters. The van der Waals surface area contributed by atoms with Gasteiger partial charge in [-0.3, -0.25) is 19.1 Å². The third-order valence-electron chi connectivity index (χ3n) is 6.36. The van der Waals surface area contributed by atoms with Crippen LogP contribution in [0.5, 0.6) is 0 Å². The SMILES string of the molecule is O=C(CCn1cnc2onc(-c3ccc(F)cc3)c2c1=O)NC1CCN(Cc2ccccc2)CC1. The van der Waals surface area contributed by atoms with Gasteiger partial charge in [0.1, 0.15) is 23.2 Å². The van der Waals surface area contributed by atoms with Crippen LogP contribution in [-0.4, -0.2) is 44.6 Å². The third-order valence-corrected chi connectivity index (χ3v) is 6.36. The van der Waals surface area contributed by atoms with Crippen LogP contribution in [0, 0.1) is 5.82 Å². The molecule has 1 aliphatic heterocycles. The van der Waals surface area contributed by atoms with Crippen molar-refractivity contribution in [2.24, 2.45) is 0 Å². The highest BCUT2D eigenvalue weighted by atomic mass is 19.1. The molecule has 0 radical (unpaired) electrons. The number of carbonyl (C=O) groups is 1. The maximum Gasteiger partial charge on any atom is 0.266 e. The first-order valence-corrected chi connectivity index (χ1v) is 11.7. The summed E-state index contributed by atoms with van der Waals surface area (Å²) in [7, 11) is 0. The van der Waals surface area contributed by atoms with E-state index in [0.29, 0.717) is 11.3 Å². The van der Waals surface area contributed by atoms with E-state index in [1.807, 2.05) is 18.2 Å². The highest BCUT2D eigenvalue weighted by Crippen LogP contribution is 2.24. The summed E-state index contributed by atoms with van der Waals surface area (Å²) in [6, 6.07) is 16.2. The maximum absolute atomic E-state index is 13.3. The number of carbonyl (C=O) groups excluding carboxylic acids is 1. The van der Waals surface area contributed by atoms with Crippen molar-refractivity contribution in [2.75, 3.05) is 13.1 Å². The Hall–Kier alpha value is -3.85. The van der Waals surface area contributed by atoms with Gasteiger partial charge in [0, 0.05) is 44.2 Å². The Morgan fingerprint density at radius 2 is 1.83 bits per heavy atom. The smallest absolute Gasteiger partial charge is 0.266 e. The predicted molar refractivity (Wildman–Crippen MR) is 129 cm³/mol. The second-order valence-electron chi connectivity index (χ2n) is 8.81.